The van der Waals surface area contributed by atoms with Gasteiger partial charge in [0.05, 0.1) is 7.11 Å². The van der Waals surface area contributed by atoms with Crippen molar-refractivity contribution in [3.63, 3.8) is 0 Å². The SMILES string of the molecule is COC(=O)CC[C@@H](C)[C@H]1CCC2C3CC=C4C=CCC[C@]4(C)C3CC[C@@]21C. The molecule has 0 saturated heterocycles. The third-order valence-corrected chi connectivity index (χ3v) is 9.44. The van der Waals surface area contributed by atoms with Gasteiger partial charge in [-0.05, 0) is 97.4 Å². The molecule has 2 saturated carbocycles. The number of carbonyl (C=O) groups is 1. The molecule has 0 aliphatic heterocycles. The lowest BCUT2D eigenvalue weighted by atomic mass is 9.47. The Morgan fingerprint density at radius 3 is 2.81 bits per heavy atom. The number of allylic oxidation sites excluding steroid dienone is 4. The molecule has 0 radical (unpaired) electrons. The molecule has 4 rings (SSSR count). The Bertz CT molecular complexity index is 647. The van der Waals surface area contributed by atoms with Crippen molar-refractivity contribution in [2.75, 3.05) is 7.11 Å². The molecule has 0 aromatic carbocycles. The molecule has 0 heterocycles. The van der Waals surface area contributed by atoms with Crippen molar-refractivity contribution in [3.05, 3.63) is 23.8 Å². The second-order valence-corrected chi connectivity index (χ2v) is 10.5. The zero-order valence-electron chi connectivity index (χ0n) is 17.8. The van der Waals surface area contributed by atoms with E-state index in [1.165, 1.54) is 52.1 Å². The van der Waals surface area contributed by atoms with Crippen LogP contribution in [0.5, 0.6) is 0 Å². The van der Waals surface area contributed by atoms with Gasteiger partial charge in [-0.15, -0.1) is 0 Å². The highest BCUT2D eigenvalue weighted by Gasteiger charge is 2.58. The van der Waals surface area contributed by atoms with Crippen LogP contribution in [0, 0.1) is 40.4 Å². The van der Waals surface area contributed by atoms with E-state index in [1.807, 2.05) is 0 Å². The molecule has 0 bridgehead atoms. The Kier molecular flexibility index (Phi) is 5.06. The number of hydrogen-bond donors (Lipinski definition) is 0. The summed E-state index contributed by atoms with van der Waals surface area (Å²) < 4.78 is 4.88. The lowest BCUT2D eigenvalue weighted by molar-refractivity contribution is -0.141. The molecule has 4 aliphatic carbocycles. The van der Waals surface area contributed by atoms with Crippen molar-refractivity contribution in [2.45, 2.75) is 78.6 Å². The molecule has 0 aromatic heterocycles. The van der Waals surface area contributed by atoms with Crippen molar-refractivity contribution in [1.29, 1.82) is 0 Å². The highest BCUT2D eigenvalue weighted by Crippen LogP contribution is 2.66. The molecule has 150 valence electrons. The van der Waals surface area contributed by atoms with Crippen molar-refractivity contribution in [1.82, 2.24) is 0 Å². The van der Waals surface area contributed by atoms with Gasteiger partial charge in [0.15, 0.2) is 0 Å². The fourth-order valence-electron chi connectivity index (χ4n) is 7.92. The number of hydrogen-bond acceptors (Lipinski definition) is 2. The molecule has 0 spiro atoms. The fraction of sp³-hybridized carbons (Fsp3) is 0.800. The second-order valence-electron chi connectivity index (χ2n) is 10.5. The Morgan fingerprint density at radius 2 is 2.04 bits per heavy atom. The van der Waals surface area contributed by atoms with Gasteiger partial charge in [0.1, 0.15) is 0 Å². The normalized spacial score (nSPS) is 43.9. The smallest absolute Gasteiger partial charge is 0.305 e. The lowest BCUT2D eigenvalue weighted by Gasteiger charge is -2.57. The van der Waals surface area contributed by atoms with E-state index in [0.29, 0.717) is 23.2 Å². The van der Waals surface area contributed by atoms with Gasteiger partial charge >= 0.3 is 5.97 Å². The van der Waals surface area contributed by atoms with Crippen molar-refractivity contribution in [3.8, 4) is 0 Å². The van der Waals surface area contributed by atoms with Crippen LogP contribution >= 0.6 is 0 Å². The van der Waals surface area contributed by atoms with Gasteiger partial charge in [0, 0.05) is 6.42 Å². The van der Waals surface area contributed by atoms with Gasteiger partial charge in [-0.1, -0.05) is 39.0 Å². The summed E-state index contributed by atoms with van der Waals surface area (Å²) in [5.41, 5.74) is 2.54. The molecule has 0 amide bonds. The molecule has 3 unspecified atom stereocenters. The average molecular weight is 371 g/mol. The standard InChI is InChI=1S/C25H38O2/c1-17(8-13-23(26)27-4)20-11-12-21-19-10-9-18-7-5-6-15-24(18,2)22(19)14-16-25(20,21)3/h5,7,9,17,19-22H,6,8,10-16H2,1-4H3/t17-,19?,20-,21?,22?,24+,25-/m1/s1. The van der Waals surface area contributed by atoms with Gasteiger partial charge in [-0.25, -0.2) is 0 Å². The van der Waals surface area contributed by atoms with E-state index in [1.54, 1.807) is 5.57 Å². The van der Waals surface area contributed by atoms with Crippen molar-refractivity contribution < 1.29 is 9.53 Å². The zero-order chi connectivity index (χ0) is 19.2. The molecule has 2 heteroatoms. The van der Waals surface area contributed by atoms with E-state index in [2.05, 4.69) is 39.0 Å². The van der Waals surface area contributed by atoms with E-state index < -0.39 is 0 Å². The lowest BCUT2D eigenvalue weighted by Crippen LogP contribution is -2.49. The molecule has 2 fully saturated rings. The summed E-state index contributed by atoms with van der Waals surface area (Å²) in [6.07, 6.45) is 18.4. The first-order valence-electron chi connectivity index (χ1n) is 11.3. The minimum atomic E-state index is -0.0477. The topological polar surface area (TPSA) is 26.3 Å². The second kappa shape index (κ2) is 7.08. The third kappa shape index (κ3) is 3.02. The molecular weight excluding hydrogens is 332 g/mol. The number of ether oxygens (including phenoxy) is 1. The van der Waals surface area contributed by atoms with Gasteiger partial charge in [0.2, 0.25) is 0 Å². The molecular formula is C25H38O2. The van der Waals surface area contributed by atoms with E-state index >= 15 is 0 Å². The zero-order valence-corrected chi connectivity index (χ0v) is 17.8. The average Bonchev–Trinajstić information content (AvgIpc) is 3.02. The Morgan fingerprint density at radius 1 is 1.22 bits per heavy atom. The first kappa shape index (κ1) is 19.3. The quantitative estimate of drug-likeness (QED) is 0.541. The predicted octanol–water partition coefficient (Wildman–Crippen LogP) is 6.32. The third-order valence-electron chi connectivity index (χ3n) is 9.44. The van der Waals surface area contributed by atoms with Crippen LogP contribution in [0.15, 0.2) is 23.8 Å². The van der Waals surface area contributed by atoms with Crippen molar-refractivity contribution in [2.24, 2.45) is 40.4 Å². The summed E-state index contributed by atoms with van der Waals surface area (Å²) in [7, 11) is 1.51. The summed E-state index contributed by atoms with van der Waals surface area (Å²) in [6, 6.07) is 0. The van der Waals surface area contributed by atoms with E-state index in [0.717, 1.165) is 30.1 Å². The Balaban J connectivity index is 1.52. The Hall–Kier alpha value is -1.05. The maximum atomic E-state index is 11.6. The minimum Gasteiger partial charge on any atom is -0.469 e. The van der Waals surface area contributed by atoms with Crippen LogP contribution in [0.1, 0.15) is 78.6 Å². The summed E-state index contributed by atoms with van der Waals surface area (Å²) >= 11 is 0. The van der Waals surface area contributed by atoms with Crippen molar-refractivity contribution >= 4 is 5.97 Å². The van der Waals surface area contributed by atoms with Crippen LogP contribution < -0.4 is 0 Å². The monoisotopic (exact) mass is 370 g/mol. The minimum absolute atomic E-state index is 0.0477. The number of methoxy groups -OCH3 is 1. The number of esters is 1. The Labute approximate surface area is 165 Å². The first-order chi connectivity index (χ1) is 12.9. The largest absolute Gasteiger partial charge is 0.469 e. The highest BCUT2D eigenvalue weighted by atomic mass is 16.5. The number of rotatable bonds is 4. The molecule has 7 atom stereocenters. The van der Waals surface area contributed by atoms with Gasteiger partial charge in [-0.2, -0.15) is 0 Å². The van der Waals surface area contributed by atoms with Crippen LogP contribution in [-0.2, 0) is 9.53 Å². The van der Waals surface area contributed by atoms with Crippen LogP contribution in [0.4, 0.5) is 0 Å². The van der Waals surface area contributed by atoms with Crippen LogP contribution in [0.25, 0.3) is 0 Å². The molecule has 4 aliphatic rings. The fourth-order valence-corrected chi connectivity index (χ4v) is 7.92. The molecule has 2 nitrogen and oxygen atoms in total. The molecule has 27 heavy (non-hydrogen) atoms. The number of carbonyl (C=O) groups excluding carboxylic acids is 1. The molecule has 0 aromatic rings. The summed E-state index contributed by atoms with van der Waals surface area (Å²) in [5, 5.41) is 0. The van der Waals surface area contributed by atoms with Crippen LogP contribution in [0.3, 0.4) is 0 Å². The summed E-state index contributed by atoms with van der Waals surface area (Å²) in [5.74, 6) is 3.98. The van der Waals surface area contributed by atoms with Crippen LogP contribution in [0.2, 0.25) is 0 Å². The first-order valence-corrected chi connectivity index (χ1v) is 11.3. The predicted molar refractivity (Wildman–Crippen MR) is 110 cm³/mol. The van der Waals surface area contributed by atoms with Crippen LogP contribution in [-0.4, -0.2) is 13.1 Å². The number of fused-ring (bicyclic) bond motifs is 5. The highest BCUT2D eigenvalue weighted by molar-refractivity contribution is 5.69. The van der Waals surface area contributed by atoms with Gasteiger partial charge in [0.25, 0.3) is 0 Å². The van der Waals surface area contributed by atoms with E-state index in [4.69, 9.17) is 4.74 Å². The summed E-state index contributed by atoms with van der Waals surface area (Å²) in [4.78, 5) is 11.6. The van der Waals surface area contributed by atoms with Gasteiger partial charge < -0.3 is 4.74 Å². The maximum absolute atomic E-state index is 11.6. The van der Waals surface area contributed by atoms with E-state index in [9.17, 15) is 4.79 Å². The van der Waals surface area contributed by atoms with Gasteiger partial charge in [-0.3, -0.25) is 4.79 Å². The maximum Gasteiger partial charge on any atom is 0.305 e. The molecule has 0 N–H and O–H groups in total. The summed E-state index contributed by atoms with van der Waals surface area (Å²) in [6.45, 7) is 7.55. The van der Waals surface area contributed by atoms with E-state index in [-0.39, 0.29) is 5.97 Å².